The Morgan fingerprint density at radius 2 is 1.06 bits per heavy atom. The number of hydrogen-bond donors (Lipinski definition) is 0. The average molecular weight is 591 g/mol. The van der Waals surface area contributed by atoms with E-state index in [1.165, 1.54) is 48.3 Å². The van der Waals surface area contributed by atoms with Gasteiger partial charge in [0.15, 0.2) is 0 Å². The molecule has 36 heavy (non-hydrogen) atoms. The summed E-state index contributed by atoms with van der Waals surface area (Å²) in [6.07, 6.45) is 28.8. The summed E-state index contributed by atoms with van der Waals surface area (Å²) in [7, 11) is -1.71. The predicted octanol–water partition coefficient (Wildman–Crippen LogP) is 8.30. The Kier molecular flexibility index (Phi) is 12.9. The number of allylic oxidation sites excluding steroid dienone is 8. The zero-order valence-corrected chi connectivity index (χ0v) is 28.7. The van der Waals surface area contributed by atoms with Crippen LogP contribution >= 0.6 is 0 Å². The van der Waals surface area contributed by atoms with Gasteiger partial charge in [-0.2, -0.15) is 0 Å². The van der Waals surface area contributed by atoms with E-state index < -0.39 is 16.1 Å². The summed E-state index contributed by atoms with van der Waals surface area (Å²) in [5.74, 6) is 8.31. The Bertz CT molecular complexity index is 719. The number of rotatable bonds is 4. The molecule has 5 aliphatic rings. The first kappa shape index (κ1) is 32.7. The molecule has 0 amide bonds. The standard InChI is InChI=1S/C21H18.C7H19Si2.C4H8O.Y/c1-21(2,15-9-3-4-10-15)20-18-13-7-5-11-16(18)17-12-6-8-14-19(17)20;1-8(2,3)7-9(4,5)6;1-2-4-5-3-1;/h3-14H,1-2H3;7H,1-6H3;1-4H2;/q;-1;;+3. The number of hydrogen-bond acceptors (Lipinski definition) is 1. The fourth-order valence-electron chi connectivity index (χ4n) is 5.43. The molecule has 2 saturated carbocycles. The van der Waals surface area contributed by atoms with Crippen molar-refractivity contribution in [3.05, 3.63) is 115 Å². The first-order valence-electron chi connectivity index (χ1n) is 13.1. The molecule has 1 saturated heterocycles. The summed E-state index contributed by atoms with van der Waals surface area (Å²) in [5.41, 5.74) is 2.66. The van der Waals surface area contributed by atoms with Gasteiger partial charge in [-0.1, -0.05) is 102 Å². The molecule has 0 aromatic heterocycles. The summed E-state index contributed by atoms with van der Waals surface area (Å²) < 4.78 is 4.94. The van der Waals surface area contributed by atoms with Gasteiger partial charge >= 0.3 is 32.7 Å². The van der Waals surface area contributed by atoms with E-state index in [0.29, 0.717) is 0 Å². The van der Waals surface area contributed by atoms with Gasteiger partial charge in [0, 0.05) is 42.8 Å². The van der Waals surface area contributed by atoms with E-state index >= 15 is 0 Å². The van der Waals surface area contributed by atoms with E-state index in [2.05, 4.69) is 133 Å². The minimum absolute atomic E-state index is 0. The van der Waals surface area contributed by atoms with Gasteiger partial charge in [-0.05, 0) is 49.9 Å². The van der Waals surface area contributed by atoms with E-state index in [1.54, 1.807) is 0 Å². The summed E-state index contributed by atoms with van der Waals surface area (Å²) in [5, 5.41) is 0. The molecule has 0 spiro atoms. The van der Waals surface area contributed by atoms with Gasteiger partial charge in [-0.15, -0.1) is 16.1 Å². The Balaban J connectivity index is 0.000000254. The fourth-order valence-corrected chi connectivity index (χ4v) is 15.8. The largest absolute Gasteiger partial charge is 3.00 e. The van der Waals surface area contributed by atoms with Crippen LogP contribution in [0.25, 0.3) is 0 Å². The van der Waals surface area contributed by atoms with Crippen molar-refractivity contribution in [3.63, 3.8) is 0 Å². The molecule has 0 unspecified atom stereocenters. The Morgan fingerprint density at radius 1 is 0.667 bits per heavy atom. The van der Waals surface area contributed by atoms with Crippen molar-refractivity contribution in [2.45, 2.75) is 66.0 Å². The van der Waals surface area contributed by atoms with Crippen LogP contribution in [0.2, 0.25) is 39.3 Å². The molecule has 4 aliphatic carbocycles. The van der Waals surface area contributed by atoms with Crippen molar-refractivity contribution < 1.29 is 37.4 Å². The van der Waals surface area contributed by atoms with Gasteiger partial charge in [0.25, 0.3) is 0 Å². The van der Waals surface area contributed by atoms with Crippen LogP contribution in [0.5, 0.6) is 0 Å². The second-order valence-electron chi connectivity index (χ2n) is 12.5. The zero-order valence-electron chi connectivity index (χ0n) is 23.8. The van der Waals surface area contributed by atoms with Crippen LogP contribution in [0.4, 0.5) is 0 Å². The molecular weight excluding hydrogens is 545 g/mol. The Hall–Kier alpha value is 0.458. The molecule has 0 N–H and O–H groups in total. The Labute approximate surface area is 252 Å². The summed E-state index contributed by atoms with van der Waals surface area (Å²) in [4.78, 5) is 0. The van der Waals surface area contributed by atoms with Crippen LogP contribution in [-0.2, 0) is 37.4 Å². The maximum Gasteiger partial charge on any atom is 3.00 e. The molecule has 1 aliphatic heterocycles. The molecule has 1 nitrogen and oxygen atoms in total. The second kappa shape index (κ2) is 14.2. The van der Waals surface area contributed by atoms with Crippen molar-refractivity contribution >= 4 is 16.1 Å². The molecular formula is C32H45OSi2Y+2. The van der Waals surface area contributed by atoms with E-state index in [1.807, 2.05) is 0 Å². The van der Waals surface area contributed by atoms with Crippen molar-refractivity contribution in [3.8, 4) is 0 Å². The summed E-state index contributed by atoms with van der Waals surface area (Å²) >= 11 is 0. The molecule has 3 fully saturated rings. The molecule has 1 heterocycles. The molecule has 0 bridgehead atoms. The van der Waals surface area contributed by atoms with Gasteiger partial charge in [0.2, 0.25) is 0 Å². The fraction of sp³-hybridized carbons (Fsp3) is 0.406. The summed E-state index contributed by atoms with van der Waals surface area (Å²) in [6, 6.07) is 0. The molecule has 188 valence electrons. The van der Waals surface area contributed by atoms with Crippen molar-refractivity contribution in [2.24, 2.45) is 5.41 Å². The average Bonchev–Trinajstić information content (AvgIpc) is 3.54. The maximum absolute atomic E-state index is 4.94. The molecule has 4 heteroatoms. The third kappa shape index (κ3) is 9.28. The van der Waals surface area contributed by atoms with Crippen molar-refractivity contribution in [1.29, 1.82) is 0 Å². The maximum atomic E-state index is 4.94. The first-order valence-corrected chi connectivity index (χ1v) is 20.3. The number of ether oxygens (including phenoxy) is 1. The smallest absolute Gasteiger partial charge is 0.381 e. The van der Waals surface area contributed by atoms with Crippen LogP contribution < -0.4 is 0 Å². The molecule has 10 radical (unpaired) electrons. The predicted molar refractivity (Wildman–Crippen MR) is 158 cm³/mol. The molecule has 5 rings (SSSR count). The first-order chi connectivity index (χ1) is 16.4. The summed E-state index contributed by atoms with van der Waals surface area (Å²) in [6.45, 7) is 21.1. The van der Waals surface area contributed by atoms with Gasteiger partial charge in [-0.3, -0.25) is 0 Å². The van der Waals surface area contributed by atoms with Crippen LogP contribution in [0.3, 0.4) is 0 Å². The SMILES string of the molecule is C1CCOC1.CC(C)([C]1[CH][CH][CH][CH]1)[C]1[C]2C=CC=C[C]2[C]2C=CC=C[C]21.C[Si](C)(C)[CH-][Si](C)(C)C.[Y+3]. The third-order valence-corrected chi connectivity index (χ3v) is 13.3. The van der Waals surface area contributed by atoms with Crippen LogP contribution in [-0.4, -0.2) is 29.4 Å². The third-order valence-electron chi connectivity index (χ3n) is 6.39. The Morgan fingerprint density at radius 3 is 1.36 bits per heavy atom. The van der Waals surface area contributed by atoms with Crippen molar-refractivity contribution in [2.75, 3.05) is 13.2 Å². The molecule has 0 atom stereocenters. The number of fused-ring (bicyclic) bond motifs is 3. The molecule has 0 aromatic carbocycles. The van der Waals surface area contributed by atoms with Crippen LogP contribution in [0.15, 0.2) is 48.6 Å². The quantitative estimate of drug-likeness (QED) is 0.236. The van der Waals surface area contributed by atoms with Crippen LogP contribution in [0.1, 0.15) is 26.7 Å². The van der Waals surface area contributed by atoms with Crippen molar-refractivity contribution in [1.82, 2.24) is 0 Å². The monoisotopic (exact) mass is 590 g/mol. The van der Waals surface area contributed by atoms with E-state index in [4.69, 9.17) is 4.74 Å². The second-order valence-corrected chi connectivity index (χ2v) is 23.1. The van der Waals surface area contributed by atoms with E-state index in [0.717, 1.165) is 13.2 Å². The van der Waals surface area contributed by atoms with E-state index in [9.17, 15) is 0 Å². The minimum Gasteiger partial charge on any atom is -0.381 e. The zero-order chi connectivity index (χ0) is 25.7. The van der Waals surface area contributed by atoms with E-state index in [-0.39, 0.29) is 38.1 Å². The van der Waals surface area contributed by atoms with Crippen LogP contribution in [0, 0.1) is 72.3 Å². The van der Waals surface area contributed by atoms with Gasteiger partial charge in [-0.25, -0.2) is 0 Å². The van der Waals surface area contributed by atoms with Gasteiger partial charge in [0.05, 0.1) is 0 Å². The van der Waals surface area contributed by atoms with Gasteiger partial charge in [0.1, 0.15) is 0 Å². The molecule has 0 aromatic rings. The minimum atomic E-state index is -0.856. The van der Waals surface area contributed by atoms with Gasteiger partial charge < -0.3 is 10.4 Å². The normalized spacial score (nSPS) is 23.6. The topological polar surface area (TPSA) is 9.23 Å².